The van der Waals surface area contributed by atoms with Gasteiger partial charge in [0.15, 0.2) is 0 Å². The van der Waals surface area contributed by atoms with Gasteiger partial charge in [-0.25, -0.2) is 4.79 Å². The van der Waals surface area contributed by atoms with Gasteiger partial charge in [-0.2, -0.15) is 13.2 Å². The number of halogens is 4. The fraction of sp³-hybridized carbons (Fsp3) is 0.318. The molecule has 0 radical (unpaired) electrons. The summed E-state index contributed by atoms with van der Waals surface area (Å²) in [4.78, 5) is 41.4. The van der Waals surface area contributed by atoms with Crippen molar-refractivity contribution in [2.24, 2.45) is 0 Å². The van der Waals surface area contributed by atoms with E-state index in [-0.39, 0.29) is 30.1 Å². The van der Waals surface area contributed by atoms with Crippen molar-refractivity contribution < 1.29 is 32.3 Å². The van der Waals surface area contributed by atoms with Gasteiger partial charge in [-0.1, -0.05) is 35.9 Å². The lowest BCUT2D eigenvalue weighted by molar-refractivity contribution is -0.165. The van der Waals surface area contributed by atoms with Crippen LogP contribution in [0, 0.1) is 0 Å². The van der Waals surface area contributed by atoms with E-state index < -0.39 is 35.1 Å². The molecule has 0 N–H and O–H groups in total. The number of para-hydroxylation sites is 1. The van der Waals surface area contributed by atoms with Crippen LogP contribution in [0.3, 0.4) is 0 Å². The molecular weight excluding hydrogens is 449 g/mol. The van der Waals surface area contributed by atoms with Crippen molar-refractivity contribution in [3.63, 3.8) is 0 Å². The number of hydrogen-bond acceptors (Lipinski definition) is 4. The average molecular weight is 469 g/mol. The van der Waals surface area contributed by atoms with Gasteiger partial charge in [0.2, 0.25) is 11.4 Å². The van der Waals surface area contributed by atoms with E-state index in [4.69, 9.17) is 16.3 Å². The number of nitrogens with zero attached hydrogens (tertiary/aromatic N) is 2. The summed E-state index contributed by atoms with van der Waals surface area (Å²) in [5.74, 6) is -2.22. The predicted octanol–water partition coefficient (Wildman–Crippen LogP) is 4.06. The molecule has 3 rings (SSSR count). The quantitative estimate of drug-likeness (QED) is 0.490. The molecule has 0 aliphatic carbocycles. The minimum atomic E-state index is -4.59. The Morgan fingerprint density at radius 3 is 2.38 bits per heavy atom. The molecule has 0 saturated carbocycles. The summed E-state index contributed by atoms with van der Waals surface area (Å²) in [5.41, 5.74) is -2.22. The van der Waals surface area contributed by atoms with Crippen LogP contribution in [0.4, 0.5) is 18.9 Å². The normalized spacial score (nSPS) is 18.6. The smallest absolute Gasteiger partial charge is 0.416 e. The van der Waals surface area contributed by atoms with E-state index in [0.29, 0.717) is 5.69 Å². The second-order valence-corrected chi connectivity index (χ2v) is 7.71. The first-order valence-electron chi connectivity index (χ1n) is 9.61. The molecule has 0 bridgehead atoms. The highest BCUT2D eigenvalue weighted by Gasteiger charge is 2.59. The number of esters is 1. The molecule has 2 amide bonds. The molecule has 2 aromatic carbocycles. The van der Waals surface area contributed by atoms with E-state index in [0.717, 1.165) is 30.2 Å². The molecule has 1 saturated heterocycles. The van der Waals surface area contributed by atoms with Crippen molar-refractivity contribution >= 4 is 35.1 Å². The van der Waals surface area contributed by atoms with E-state index in [9.17, 15) is 27.6 Å². The average Bonchev–Trinajstić information content (AvgIpc) is 3.09. The SMILES string of the molecule is COC(=O)C1(N(Cc2ccc(C(F)(F)F)cc2Cl)C(C)=O)CCN(c2ccccc2)C1=O. The van der Waals surface area contributed by atoms with Crippen LogP contribution in [-0.4, -0.2) is 41.9 Å². The van der Waals surface area contributed by atoms with Gasteiger partial charge in [0.25, 0.3) is 5.91 Å². The van der Waals surface area contributed by atoms with Gasteiger partial charge >= 0.3 is 12.1 Å². The molecule has 1 heterocycles. The van der Waals surface area contributed by atoms with E-state index >= 15 is 0 Å². The Bertz CT molecular complexity index is 1050. The van der Waals surface area contributed by atoms with Crippen molar-refractivity contribution in [1.82, 2.24) is 4.90 Å². The highest BCUT2D eigenvalue weighted by molar-refractivity contribution is 6.31. The molecule has 1 aliphatic heterocycles. The van der Waals surface area contributed by atoms with Crippen LogP contribution in [0.1, 0.15) is 24.5 Å². The first-order valence-corrected chi connectivity index (χ1v) is 9.99. The number of methoxy groups -OCH3 is 1. The lowest BCUT2D eigenvalue weighted by Gasteiger charge is -2.37. The van der Waals surface area contributed by atoms with Gasteiger partial charge in [0.05, 0.1) is 12.7 Å². The van der Waals surface area contributed by atoms with Crippen LogP contribution in [0.2, 0.25) is 5.02 Å². The third-order valence-corrected chi connectivity index (χ3v) is 5.79. The molecule has 0 spiro atoms. The number of anilines is 1. The highest BCUT2D eigenvalue weighted by atomic mass is 35.5. The van der Waals surface area contributed by atoms with Crippen LogP contribution in [0.25, 0.3) is 0 Å². The zero-order valence-corrected chi connectivity index (χ0v) is 18.0. The second kappa shape index (κ2) is 8.82. The zero-order chi connectivity index (χ0) is 23.7. The molecule has 10 heteroatoms. The van der Waals surface area contributed by atoms with E-state index in [1.54, 1.807) is 30.3 Å². The Hall–Kier alpha value is -3.07. The minimum Gasteiger partial charge on any atom is -0.467 e. The summed E-state index contributed by atoms with van der Waals surface area (Å²) in [6.07, 6.45) is -4.64. The third kappa shape index (κ3) is 4.17. The van der Waals surface area contributed by atoms with Crippen molar-refractivity contribution in [2.45, 2.75) is 31.6 Å². The maximum absolute atomic E-state index is 13.5. The van der Waals surface area contributed by atoms with Crippen LogP contribution in [0.15, 0.2) is 48.5 Å². The Balaban J connectivity index is 2.03. The van der Waals surface area contributed by atoms with Gasteiger partial charge in [-0.15, -0.1) is 0 Å². The number of amides is 2. The summed E-state index contributed by atoms with van der Waals surface area (Å²) >= 11 is 6.06. The van der Waals surface area contributed by atoms with E-state index in [2.05, 4.69) is 0 Å². The molecule has 32 heavy (non-hydrogen) atoms. The summed E-state index contributed by atoms with van der Waals surface area (Å²) in [5, 5.41) is -0.239. The molecule has 1 atom stereocenters. The summed E-state index contributed by atoms with van der Waals surface area (Å²) in [7, 11) is 1.10. The fourth-order valence-corrected chi connectivity index (χ4v) is 4.06. The van der Waals surface area contributed by atoms with E-state index in [1.165, 1.54) is 11.8 Å². The number of benzene rings is 2. The third-order valence-electron chi connectivity index (χ3n) is 5.44. The van der Waals surface area contributed by atoms with Crippen LogP contribution >= 0.6 is 11.6 Å². The first-order chi connectivity index (χ1) is 15.0. The Labute approximate surface area is 187 Å². The lowest BCUT2D eigenvalue weighted by Crippen LogP contribution is -2.61. The predicted molar refractivity (Wildman–Crippen MR) is 111 cm³/mol. The summed E-state index contributed by atoms with van der Waals surface area (Å²) in [6.45, 7) is 0.958. The standard InChI is InChI=1S/C22H20ClF3N2O4/c1-14(29)28(13-15-8-9-16(12-18(15)23)22(24,25)26)21(20(31)32-2)10-11-27(19(21)30)17-6-4-3-5-7-17/h3-9,12H,10-11,13H2,1-2H3. The van der Waals surface area contributed by atoms with Crippen molar-refractivity contribution in [1.29, 1.82) is 0 Å². The van der Waals surface area contributed by atoms with Crippen LogP contribution in [-0.2, 0) is 31.8 Å². The fourth-order valence-electron chi connectivity index (χ4n) is 3.82. The van der Waals surface area contributed by atoms with Gasteiger partial charge < -0.3 is 14.5 Å². The molecule has 6 nitrogen and oxygen atoms in total. The van der Waals surface area contributed by atoms with Crippen LogP contribution < -0.4 is 4.90 Å². The number of ether oxygens (including phenoxy) is 1. The second-order valence-electron chi connectivity index (χ2n) is 7.30. The lowest BCUT2D eigenvalue weighted by atomic mass is 9.93. The Kier molecular flexibility index (Phi) is 6.50. The first kappa shape index (κ1) is 23.6. The van der Waals surface area contributed by atoms with E-state index in [1.807, 2.05) is 0 Å². The van der Waals surface area contributed by atoms with Crippen molar-refractivity contribution in [2.75, 3.05) is 18.6 Å². The maximum Gasteiger partial charge on any atom is 0.416 e. The zero-order valence-electron chi connectivity index (χ0n) is 17.3. The number of carbonyl (C=O) groups excluding carboxylic acids is 3. The monoisotopic (exact) mass is 468 g/mol. The molecule has 1 aliphatic rings. The van der Waals surface area contributed by atoms with Gasteiger partial charge in [-0.3, -0.25) is 9.59 Å². The van der Waals surface area contributed by atoms with Crippen molar-refractivity contribution in [3.8, 4) is 0 Å². The highest BCUT2D eigenvalue weighted by Crippen LogP contribution is 2.37. The largest absolute Gasteiger partial charge is 0.467 e. The summed E-state index contributed by atoms with van der Waals surface area (Å²) < 4.78 is 43.8. The van der Waals surface area contributed by atoms with Gasteiger partial charge in [0.1, 0.15) is 0 Å². The molecule has 1 unspecified atom stereocenters. The molecule has 2 aromatic rings. The van der Waals surface area contributed by atoms with Gasteiger partial charge in [-0.05, 0) is 29.8 Å². The Morgan fingerprint density at radius 2 is 1.84 bits per heavy atom. The van der Waals surface area contributed by atoms with Crippen LogP contribution in [0.5, 0.6) is 0 Å². The Morgan fingerprint density at radius 1 is 1.19 bits per heavy atom. The summed E-state index contributed by atoms with van der Waals surface area (Å²) in [6, 6.07) is 11.3. The maximum atomic E-state index is 13.5. The molecular formula is C22H20ClF3N2O4. The van der Waals surface area contributed by atoms with Crippen molar-refractivity contribution in [3.05, 3.63) is 64.7 Å². The topological polar surface area (TPSA) is 66.9 Å². The minimum absolute atomic E-state index is 0.0504. The van der Waals surface area contributed by atoms with Gasteiger partial charge in [0, 0.05) is 37.1 Å². The number of hydrogen-bond donors (Lipinski definition) is 0. The molecule has 0 aromatic heterocycles. The molecule has 170 valence electrons. The number of alkyl halides is 3. The number of rotatable bonds is 5. The molecule has 1 fully saturated rings. The number of carbonyl (C=O) groups is 3.